The molecule has 2 rings (SSSR count). The lowest BCUT2D eigenvalue weighted by Gasteiger charge is -2.15. The van der Waals surface area contributed by atoms with E-state index in [1.54, 1.807) is 17.4 Å². The summed E-state index contributed by atoms with van der Waals surface area (Å²) in [4.78, 5) is 1.35. The molecule has 0 aliphatic rings. The second kappa shape index (κ2) is 5.84. The fourth-order valence-corrected chi connectivity index (χ4v) is 2.71. The van der Waals surface area contributed by atoms with Gasteiger partial charge in [-0.2, -0.15) is 0 Å². The first-order valence-corrected chi connectivity index (χ1v) is 6.73. The van der Waals surface area contributed by atoms with E-state index in [1.165, 1.54) is 4.88 Å². The van der Waals surface area contributed by atoms with Crippen LogP contribution in [-0.4, -0.2) is 5.11 Å². The van der Waals surface area contributed by atoms with Crippen molar-refractivity contribution in [3.05, 3.63) is 52.2 Å². The Morgan fingerprint density at radius 3 is 2.71 bits per heavy atom. The second-order valence-corrected chi connectivity index (χ2v) is 4.97. The van der Waals surface area contributed by atoms with Crippen LogP contribution < -0.4 is 5.32 Å². The molecular weight excluding hydrogens is 230 g/mol. The van der Waals surface area contributed by atoms with Gasteiger partial charge in [-0.1, -0.05) is 31.2 Å². The molecule has 0 saturated carbocycles. The topological polar surface area (TPSA) is 32.3 Å². The third-order valence-corrected chi connectivity index (χ3v) is 3.81. The van der Waals surface area contributed by atoms with E-state index in [1.807, 2.05) is 18.2 Å². The quantitative estimate of drug-likeness (QED) is 0.844. The molecule has 90 valence electrons. The van der Waals surface area contributed by atoms with Gasteiger partial charge in [0, 0.05) is 23.0 Å². The van der Waals surface area contributed by atoms with Gasteiger partial charge < -0.3 is 10.4 Å². The molecule has 0 saturated heterocycles. The van der Waals surface area contributed by atoms with E-state index in [9.17, 15) is 5.11 Å². The average molecular weight is 247 g/mol. The SMILES string of the molecule is CCC(NCc1ccccc1O)c1cccs1. The van der Waals surface area contributed by atoms with Crippen LogP contribution in [0.2, 0.25) is 0 Å². The van der Waals surface area contributed by atoms with Crippen LogP contribution in [0.1, 0.15) is 29.8 Å². The van der Waals surface area contributed by atoms with Crippen LogP contribution in [0.4, 0.5) is 0 Å². The van der Waals surface area contributed by atoms with E-state index in [4.69, 9.17) is 0 Å². The van der Waals surface area contributed by atoms with Crippen molar-refractivity contribution in [3.63, 3.8) is 0 Å². The summed E-state index contributed by atoms with van der Waals surface area (Å²) in [5, 5.41) is 15.3. The first-order valence-electron chi connectivity index (χ1n) is 5.85. The van der Waals surface area contributed by atoms with E-state index < -0.39 is 0 Å². The molecule has 1 atom stereocenters. The van der Waals surface area contributed by atoms with E-state index in [2.05, 4.69) is 29.8 Å². The maximum atomic E-state index is 9.69. The van der Waals surface area contributed by atoms with Crippen LogP contribution in [0, 0.1) is 0 Å². The number of hydrogen-bond donors (Lipinski definition) is 2. The van der Waals surface area contributed by atoms with Crippen molar-refractivity contribution >= 4 is 11.3 Å². The van der Waals surface area contributed by atoms with Gasteiger partial charge in [-0.05, 0) is 23.9 Å². The smallest absolute Gasteiger partial charge is 0.120 e. The summed E-state index contributed by atoms with van der Waals surface area (Å²) in [6.07, 6.45) is 1.05. The number of rotatable bonds is 5. The van der Waals surface area contributed by atoms with Gasteiger partial charge in [0.1, 0.15) is 5.75 Å². The molecule has 1 aromatic heterocycles. The molecule has 2 nitrogen and oxygen atoms in total. The Morgan fingerprint density at radius 1 is 1.24 bits per heavy atom. The average Bonchev–Trinajstić information content (AvgIpc) is 2.86. The highest BCUT2D eigenvalue weighted by atomic mass is 32.1. The summed E-state index contributed by atoms with van der Waals surface area (Å²) < 4.78 is 0. The van der Waals surface area contributed by atoms with Gasteiger partial charge in [-0.3, -0.25) is 0 Å². The van der Waals surface area contributed by atoms with Crippen LogP contribution in [0.15, 0.2) is 41.8 Å². The predicted octanol–water partition coefficient (Wildman–Crippen LogP) is 3.69. The first-order chi connectivity index (χ1) is 8.31. The van der Waals surface area contributed by atoms with Crippen molar-refractivity contribution in [1.82, 2.24) is 5.32 Å². The van der Waals surface area contributed by atoms with E-state index in [0.717, 1.165) is 12.0 Å². The monoisotopic (exact) mass is 247 g/mol. The molecule has 0 spiro atoms. The lowest BCUT2D eigenvalue weighted by molar-refractivity contribution is 0.456. The number of aromatic hydroxyl groups is 1. The van der Waals surface area contributed by atoms with Crippen molar-refractivity contribution in [2.24, 2.45) is 0 Å². The molecule has 1 heterocycles. The van der Waals surface area contributed by atoms with Crippen molar-refractivity contribution in [1.29, 1.82) is 0 Å². The molecule has 17 heavy (non-hydrogen) atoms. The summed E-state index contributed by atoms with van der Waals surface area (Å²) in [5.41, 5.74) is 0.947. The molecule has 0 aliphatic carbocycles. The molecule has 0 aliphatic heterocycles. The summed E-state index contributed by atoms with van der Waals surface area (Å²) in [5.74, 6) is 0.362. The van der Waals surface area contributed by atoms with Gasteiger partial charge in [0.05, 0.1) is 0 Å². The molecule has 0 radical (unpaired) electrons. The number of thiophene rings is 1. The lowest BCUT2D eigenvalue weighted by Crippen LogP contribution is -2.19. The van der Waals surface area contributed by atoms with Gasteiger partial charge in [0.25, 0.3) is 0 Å². The number of nitrogens with one attached hydrogen (secondary N) is 1. The molecule has 1 unspecified atom stereocenters. The minimum absolute atomic E-state index is 0.362. The number of para-hydroxylation sites is 1. The fraction of sp³-hybridized carbons (Fsp3) is 0.286. The van der Waals surface area contributed by atoms with Crippen LogP contribution in [0.25, 0.3) is 0 Å². The molecule has 3 heteroatoms. The molecule has 1 aromatic carbocycles. The Hall–Kier alpha value is -1.32. The Labute approximate surface area is 106 Å². The van der Waals surface area contributed by atoms with Crippen molar-refractivity contribution in [2.45, 2.75) is 25.9 Å². The summed E-state index contributed by atoms with van der Waals surface area (Å²) in [7, 11) is 0. The normalized spacial score (nSPS) is 12.5. The van der Waals surface area contributed by atoms with Gasteiger partial charge in [-0.25, -0.2) is 0 Å². The molecule has 2 aromatic rings. The second-order valence-electron chi connectivity index (χ2n) is 3.99. The van der Waals surface area contributed by atoms with Crippen molar-refractivity contribution < 1.29 is 5.11 Å². The van der Waals surface area contributed by atoms with E-state index >= 15 is 0 Å². The highest BCUT2D eigenvalue weighted by molar-refractivity contribution is 7.10. The van der Waals surface area contributed by atoms with Crippen LogP contribution in [-0.2, 0) is 6.54 Å². The summed E-state index contributed by atoms with van der Waals surface area (Å²) in [6, 6.07) is 12.1. The molecular formula is C14H17NOS. The molecule has 2 N–H and O–H groups in total. The van der Waals surface area contributed by atoms with E-state index in [-0.39, 0.29) is 0 Å². The predicted molar refractivity (Wildman–Crippen MR) is 72.3 cm³/mol. The highest BCUT2D eigenvalue weighted by Crippen LogP contribution is 2.23. The van der Waals surface area contributed by atoms with Crippen molar-refractivity contribution in [3.8, 4) is 5.75 Å². The zero-order valence-electron chi connectivity index (χ0n) is 9.89. The minimum atomic E-state index is 0.362. The maximum Gasteiger partial charge on any atom is 0.120 e. The fourth-order valence-electron chi connectivity index (χ4n) is 1.83. The van der Waals surface area contributed by atoms with Gasteiger partial charge in [0.2, 0.25) is 0 Å². The number of hydrogen-bond acceptors (Lipinski definition) is 3. The Bertz CT molecular complexity index is 453. The summed E-state index contributed by atoms with van der Waals surface area (Å²) >= 11 is 1.77. The third kappa shape index (κ3) is 3.08. The third-order valence-electron chi connectivity index (χ3n) is 2.83. The van der Waals surface area contributed by atoms with Crippen molar-refractivity contribution in [2.75, 3.05) is 0 Å². The largest absolute Gasteiger partial charge is 0.508 e. The molecule has 0 fully saturated rings. The number of phenolic OH excluding ortho intramolecular Hbond substituents is 1. The lowest BCUT2D eigenvalue weighted by atomic mass is 10.1. The zero-order chi connectivity index (χ0) is 12.1. The van der Waals surface area contributed by atoms with Crippen LogP contribution in [0.5, 0.6) is 5.75 Å². The van der Waals surface area contributed by atoms with Gasteiger partial charge >= 0.3 is 0 Å². The van der Waals surface area contributed by atoms with Crippen LogP contribution >= 0.6 is 11.3 Å². The standard InChI is InChI=1S/C14H17NOS/c1-2-12(14-8-5-9-17-14)15-10-11-6-3-4-7-13(11)16/h3-9,12,15-16H,2,10H2,1H3. The first kappa shape index (κ1) is 12.1. The Balaban J connectivity index is 2.00. The Kier molecular flexibility index (Phi) is 4.18. The number of phenols is 1. The molecule has 0 bridgehead atoms. The van der Waals surface area contributed by atoms with Gasteiger partial charge in [0.15, 0.2) is 0 Å². The Morgan fingerprint density at radius 2 is 2.06 bits per heavy atom. The van der Waals surface area contributed by atoms with Gasteiger partial charge in [-0.15, -0.1) is 11.3 Å². The van der Waals surface area contributed by atoms with E-state index in [0.29, 0.717) is 18.3 Å². The highest BCUT2D eigenvalue weighted by Gasteiger charge is 2.10. The summed E-state index contributed by atoms with van der Waals surface area (Å²) in [6.45, 7) is 2.87. The van der Waals surface area contributed by atoms with Crippen LogP contribution in [0.3, 0.4) is 0 Å². The zero-order valence-corrected chi connectivity index (χ0v) is 10.7. The minimum Gasteiger partial charge on any atom is -0.508 e. The molecule has 0 amide bonds. The maximum absolute atomic E-state index is 9.69. The number of benzene rings is 1.